The first-order valence-corrected chi connectivity index (χ1v) is 6.04. The van der Waals surface area contributed by atoms with E-state index in [1.54, 1.807) is 24.0 Å². The fraction of sp³-hybridized carbons (Fsp3) is 0.0667. The van der Waals surface area contributed by atoms with Gasteiger partial charge < -0.3 is 5.32 Å². The monoisotopic (exact) mass is 251 g/mol. The van der Waals surface area contributed by atoms with Gasteiger partial charge in [-0.1, -0.05) is 18.2 Å². The molecule has 0 unspecified atom stereocenters. The number of para-hydroxylation sites is 1. The molecule has 0 aliphatic heterocycles. The molecule has 0 amide bonds. The van der Waals surface area contributed by atoms with Gasteiger partial charge in [0.25, 0.3) is 5.56 Å². The Morgan fingerprint density at radius 2 is 1.95 bits per heavy atom. The van der Waals surface area contributed by atoms with Crippen LogP contribution in [0.2, 0.25) is 0 Å². The van der Waals surface area contributed by atoms with Crippen molar-refractivity contribution in [1.82, 2.24) is 9.55 Å². The minimum absolute atomic E-state index is 0.0626. The molecule has 4 nitrogen and oxygen atoms in total. The van der Waals surface area contributed by atoms with Gasteiger partial charge in [-0.3, -0.25) is 14.3 Å². The van der Waals surface area contributed by atoms with Gasteiger partial charge in [-0.25, -0.2) is 0 Å². The quantitative estimate of drug-likeness (QED) is 0.761. The van der Waals surface area contributed by atoms with Crippen molar-refractivity contribution in [1.29, 1.82) is 0 Å². The van der Waals surface area contributed by atoms with E-state index < -0.39 is 0 Å². The fourth-order valence-corrected chi connectivity index (χ4v) is 2.17. The van der Waals surface area contributed by atoms with E-state index in [9.17, 15) is 4.79 Å². The number of hydrogen-bond acceptors (Lipinski definition) is 3. The summed E-state index contributed by atoms with van der Waals surface area (Å²) in [6.45, 7) is 0. The Morgan fingerprint density at radius 1 is 1.16 bits per heavy atom. The molecule has 3 rings (SSSR count). The van der Waals surface area contributed by atoms with Crippen LogP contribution in [0.1, 0.15) is 0 Å². The first-order chi connectivity index (χ1) is 9.31. The highest BCUT2D eigenvalue weighted by atomic mass is 16.1. The molecular weight excluding hydrogens is 238 g/mol. The lowest BCUT2D eigenvalue weighted by atomic mass is 10.2. The third kappa shape index (κ3) is 1.87. The van der Waals surface area contributed by atoms with E-state index in [0.717, 1.165) is 16.6 Å². The minimum atomic E-state index is -0.0626. The van der Waals surface area contributed by atoms with Crippen LogP contribution < -0.4 is 10.9 Å². The van der Waals surface area contributed by atoms with Crippen molar-refractivity contribution < 1.29 is 0 Å². The molecular formula is C15H13N3O. The molecule has 19 heavy (non-hydrogen) atoms. The second-order valence-corrected chi connectivity index (χ2v) is 4.22. The van der Waals surface area contributed by atoms with Crippen LogP contribution in [0.25, 0.3) is 16.6 Å². The van der Waals surface area contributed by atoms with Crippen LogP contribution >= 0.6 is 0 Å². The van der Waals surface area contributed by atoms with Crippen molar-refractivity contribution in [2.75, 3.05) is 12.4 Å². The van der Waals surface area contributed by atoms with Crippen LogP contribution in [-0.4, -0.2) is 16.6 Å². The van der Waals surface area contributed by atoms with Crippen molar-refractivity contribution in [3.8, 4) is 5.69 Å². The molecule has 94 valence electrons. The summed E-state index contributed by atoms with van der Waals surface area (Å²) in [6.07, 6.45) is 3.45. The lowest BCUT2D eigenvalue weighted by molar-refractivity contribution is 1.04. The molecule has 0 saturated carbocycles. The summed E-state index contributed by atoms with van der Waals surface area (Å²) in [5, 5.41) is 3.86. The molecule has 0 aliphatic rings. The maximum absolute atomic E-state index is 12.5. The Morgan fingerprint density at radius 3 is 2.68 bits per heavy atom. The number of nitrogens with zero attached hydrogens (tertiary/aromatic N) is 2. The number of aromatic nitrogens is 2. The van der Waals surface area contributed by atoms with E-state index in [-0.39, 0.29) is 5.56 Å². The van der Waals surface area contributed by atoms with E-state index in [1.807, 2.05) is 42.5 Å². The molecule has 1 N–H and O–H groups in total. The molecule has 3 aromatic rings. The summed E-state index contributed by atoms with van der Waals surface area (Å²) in [5.74, 6) is 0. The average Bonchev–Trinajstić information content (AvgIpc) is 2.47. The van der Waals surface area contributed by atoms with Crippen molar-refractivity contribution in [2.24, 2.45) is 0 Å². The molecule has 0 bridgehead atoms. The summed E-state index contributed by atoms with van der Waals surface area (Å²) in [6, 6.07) is 13.3. The lowest BCUT2D eigenvalue weighted by Crippen LogP contribution is -2.21. The van der Waals surface area contributed by atoms with E-state index in [2.05, 4.69) is 10.3 Å². The number of pyridine rings is 2. The third-order valence-corrected chi connectivity index (χ3v) is 3.09. The highest BCUT2D eigenvalue weighted by Gasteiger charge is 2.09. The van der Waals surface area contributed by atoms with Gasteiger partial charge in [0.1, 0.15) is 5.69 Å². The first kappa shape index (κ1) is 11.5. The topological polar surface area (TPSA) is 46.9 Å². The van der Waals surface area contributed by atoms with Crippen molar-refractivity contribution in [3.05, 3.63) is 65.2 Å². The normalized spacial score (nSPS) is 10.6. The maximum Gasteiger partial charge on any atom is 0.278 e. The largest absolute Gasteiger partial charge is 0.384 e. The van der Waals surface area contributed by atoms with Gasteiger partial charge in [0.2, 0.25) is 0 Å². The standard InChI is InChI=1S/C15H13N3O/c1-16-13-9-11-10-17-8-7-14(11)18(15(13)19)12-5-3-2-4-6-12/h2-10,16H,1H3. The number of hydrogen-bond donors (Lipinski definition) is 1. The van der Waals surface area contributed by atoms with Gasteiger partial charge >= 0.3 is 0 Å². The molecule has 0 aliphatic carbocycles. The van der Waals surface area contributed by atoms with Gasteiger partial charge in [-0.15, -0.1) is 0 Å². The van der Waals surface area contributed by atoms with E-state index in [1.165, 1.54) is 0 Å². The van der Waals surface area contributed by atoms with Gasteiger partial charge in [0, 0.05) is 30.5 Å². The van der Waals surface area contributed by atoms with Crippen molar-refractivity contribution >= 4 is 16.6 Å². The molecule has 0 radical (unpaired) electrons. The first-order valence-electron chi connectivity index (χ1n) is 6.04. The molecule has 0 saturated heterocycles. The Balaban J connectivity index is 2.45. The zero-order valence-corrected chi connectivity index (χ0v) is 10.5. The Bertz CT molecular complexity index is 778. The maximum atomic E-state index is 12.5. The second kappa shape index (κ2) is 4.57. The number of nitrogens with one attached hydrogen (secondary N) is 1. The number of anilines is 1. The summed E-state index contributed by atoms with van der Waals surface area (Å²) in [7, 11) is 1.74. The summed E-state index contributed by atoms with van der Waals surface area (Å²) in [4.78, 5) is 16.6. The summed E-state index contributed by atoms with van der Waals surface area (Å²) < 4.78 is 1.70. The van der Waals surface area contributed by atoms with Crippen LogP contribution in [0.4, 0.5) is 5.69 Å². The molecule has 0 atom stereocenters. The fourth-order valence-electron chi connectivity index (χ4n) is 2.17. The van der Waals surface area contributed by atoms with Crippen LogP contribution in [0.5, 0.6) is 0 Å². The number of fused-ring (bicyclic) bond motifs is 1. The predicted octanol–water partition coefficient (Wildman–Crippen LogP) is 2.43. The number of rotatable bonds is 2. The summed E-state index contributed by atoms with van der Waals surface area (Å²) >= 11 is 0. The molecule has 2 aromatic heterocycles. The van der Waals surface area contributed by atoms with Gasteiger partial charge in [0.15, 0.2) is 0 Å². The predicted molar refractivity (Wildman–Crippen MR) is 76.9 cm³/mol. The third-order valence-electron chi connectivity index (χ3n) is 3.09. The zero-order valence-electron chi connectivity index (χ0n) is 10.5. The molecule has 0 spiro atoms. The highest BCUT2D eigenvalue weighted by Crippen LogP contribution is 2.18. The van der Waals surface area contributed by atoms with Crippen LogP contribution in [0, 0.1) is 0 Å². The summed E-state index contributed by atoms with van der Waals surface area (Å²) in [5.41, 5.74) is 2.20. The lowest BCUT2D eigenvalue weighted by Gasteiger charge is -2.12. The van der Waals surface area contributed by atoms with Crippen LogP contribution in [0.3, 0.4) is 0 Å². The second-order valence-electron chi connectivity index (χ2n) is 4.22. The molecule has 1 aromatic carbocycles. The zero-order chi connectivity index (χ0) is 13.2. The van der Waals surface area contributed by atoms with Gasteiger partial charge in [-0.2, -0.15) is 0 Å². The highest BCUT2D eigenvalue weighted by molar-refractivity contribution is 5.82. The Hall–Kier alpha value is -2.62. The van der Waals surface area contributed by atoms with Crippen LogP contribution in [0.15, 0.2) is 59.7 Å². The van der Waals surface area contributed by atoms with Crippen molar-refractivity contribution in [3.63, 3.8) is 0 Å². The van der Waals surface area contributed by atoms with E-state index in [4.69, 9.17) is 0 Å². The smallest absolute Gasteiger partial charge is 0.278 e. The number of benzene rings is 1. The van der Waals surface area contributed by atoms with Crippen LogP contribution in [-0.2, 0) is 0 Å². The molecule has 4 heteroatoms. The van der Waals surface area contributed by atoms with Gasteiger partial charge in [0.05, 0.1) is 5.52 Å². The minimum Gasteiger partial charge on any atom is -0.384 e. The SMILES string of the molecule is CNc1cc2cnccc2n(-c2ccccc2)c1=O. The van der Waals surface area contributed by atoms with E-state index >= 15 is 0 Å². The Labute approximate surface area is 110 Å². The van der Waals surface area contributed by atoms with Gasteiger partial charge in [-0.05, 0) is 24.3 Å². The Kier molecular flexibility index (Phi) is 2.76. The molecule has 2 heterocycles. The van der Waals surface area contributed by atoms with Crippen molar-refractivity contribution in [2.45, 2.75) is 0 Å². The molecule has 0 fully saturated rings. The van der Waals surface area contributed by atoms with E-state index in [0.29, 0.717) is 5.69 Å². The average molecular weight is 251 g/mol.